The normalized spacial score (nSPS) is 23.2. The number of carbonyl (C=O) groups excluding carboxylic acids is 1. The number of piperidine rings is 1. The molecule has 0 spiro atoms. The van der Waals surface area contributed by atoms with E-state index in [2.05, 4.69) is 22.0 Å². The number of amides is 1. The third-order valence-corrected chi connectivity index (χ3v) is 5.08. The van der Waals surface area contributed by atoms with E-state index >= 15 is 0 Å². The van der Waals surface area contributed by atoms with Crippen molar-refractivity contribution < 1.29 is 14.6 Å². The lowest BCUT2D eigenvalue weighted by atomic mass is 9.91. The molecule has 1 saturated heterocycles. The van der Waals surface area contributed by atoms with Crippen LogP contribution in [0.1, 0.15) is 32.1 Å². The third kappa shape index (κ3) is 4.97. The van der Waals surface area contributed by atoms with Crippen LogP contribution < -0.4 is 0 Å². The molecule has 118 valence electrons. The summed E-state index contributed by atoms with van der Waals surface area (Å²) >= 11 is 5.13. The molecule has 21 heavy (non-hydrogen) atoms. The van der Waals surface area contributed by atoms with Crippen molar-refractivity contribution in [2.45, 2.75) is 45.3 Å². The summed E-state index contributed by atoms with van der Waals surface area (Å²) < 4.78 is 6.51. The molecule has 0 radical (unpaired) electrons. The SMILES string of the molecule is CC(C)(C)OC(=O)N1CCC(O)C(Cc2ccc(Br)s2)C1. The number of nitrogens with zero attached hydrogens (tertiary/aromatic N) is 1. The Morgan fingerprint density at radius 3 is 2.81 bits per heavy atom. The maximum atomic E-state index is 12.1. The van der Waals surface area contributed by atoms with Crippen LogP contribution >= 0.6 is 27.3 Å². The molecule has 1 N–H and O–H groups in total. The Hall–Kier alpha value is -0.590. The van der Waals surface area contributed by atoms with Crippen molar-refractivity contribution in [1.82, 2.24) is 4.90 Å². The van der Waals surface area contributed by atoms with Crippen molar-refractivity contribution in [3.63, 3.8) is 0 Å². The number of halogens is 1. The number of hydrogen-bond acceptors (Lipinski definition) is 4. The molecule has 1 aromatic heterocycles. The molecule has 6 heteroatoms. The Bertz CT molecular complexity index is 497. The summed E-state index contributed by atoms with van der Waals surface area (Å²) in [4.78, 5) is 15.1. The second-order valence-corrected chi connectivity index (χ2v) is 9.00. The van der Waals surface area contributed by atoms with Gasteiger partial charge in [0.1, 0.15) is 5.60 Å². The molecule has 0 aromatic carbocycles. The van der Waals surface area contributed by atoms with Gasteiger partial charge >= 0.3 is 6.09 Å². The van der Waals surface area contributed by atoms with Gasteiger partial charge in [0, 0.05) is 23.9 Å². The zero-order valence-electron chi connectivity index (χ0n) is 12.6. The highest BCUT2D eigenvalue weighted by Crippen LogP contribution is 2.28. The van der Waals surface area contributed by atoms with E-state index in [9.17, 15) is 9.90 Å². The number of ether oxygens (including phenoxy) is 1. The monoisotopic (exact) mass is 375 g/mol. The summed E-state index contributed by atoms with van der Waals surface area (Å²) in [5.41, 5.74) is -0.485. The average Bonchev–Trinajstić information content (AvgIpc) is 2.75. The lowest BCUT2D eigenvalue weighted by Crippen LogP contribution is -2.48. The van der Waals surface area contributed by atoms with Gasteiger partial charge in [-0.05, 0) is 61.7 Å². The quantitative estimate of drug-likeness (QED) is 0.857. The number of likely N-dealkylation sites (tertiary alicyclic amines) is 1. The predicted octanol–water partition coefficient (Wildman–Crippen LogP) is 3.67. The van der Waals surface area contributed by atoms with Gasteiger partial charge in [-0.25, -0.2) is 4.79 Å². The summed E-state index contributed by atoms with van der Waals surface area (Å²) in [7, 11) is 0. The fourth-order valence-corrected chi connectivity index (χ4v) is 4.01. The second-order valence-electron chi connectivity index (χ2n) is 6.45. The fourth-order valence-electron chi connectivity index (χ4n) is 2.43. The number of thiophene rings is 1. The Morgan fingerprint density at radius 2 is 2.24 bits per heavy atom. The van der Waals surface area contributed by atoms with Crippen molar-refractivity contribution >= 4 is 33.4 Å². The molecule has 0 aliphatic carbocycles. The zero-order valence-corrected chi connectivity index (χ0v) is 15.0. The number of rotatable bonds is 2. The molecule has 2 atom stereocenters. The van der Waals surface area contributed by atoms with E-state index in [1.165, 1.54) is 4.88 Å². The minimum absolute atomic E-state index is 0.0665. The minimum atomic E-state index is -0.485. The second kappa shape index (κ2) is 6.67. The summed E-state index contributed by atoms with van der Waals surface area (Å²) in [5.74, 6) is 0.0665. The predicted molar refractivity (Wildman–Crippen MR) is 87.6 cm³/mol. The number of hydrogen-bond donors (Lipinski definition) is 1. The van der Waals surface area contributed by atoms with Gasteiger partial charge < -0.3 is 14.7 Å². The van der Waals surface area contributed by atoms with Crippen LogP contribution in [-0.4, -0.2) is 40.9 Å². The van der Waals surface area contributed by atoms with Crippen LogP contribution in [0.25, 0.3) is 0 Å². The van der Waals surface area contributed by atoms with Gasteiger partial charge in [-0.15, -0.1) is 11.3 Å². The first-order valence-electron chi connectivity index (χ1n) is 7.15. The van der Waals surface area contributed by atoms with Gasteiger partial charge in [0.05, 0.1) is 9.89 Å². The van der Waals surface area contributed by atoms with Crippen LogP contribution in [0.5, 0.6) is 0 Å². The van der Waals surface area contributed by atoms with Gasteiger partial charge in [0.2, 0.25) is 0 Å². The van der Waals surface area contributed by atoms with E-state index in [-0.39, 0.29) is 18.1 Å². The standard InChI is InChI=1S/C15H22BrNO3S/c1-15(2,3)20-14(19)17-7-6-12(18)10(9-17)8-11-4-5-13(16)21-11/h4-5,10,12,18H,6-9H2,1-3H3. The van der Waals surface area contributed by atoms with E-state index in [0.29, 0.717) is 19.5 Å². The van der Waals surface area contributed by atoms with Crippen LogP contribution in [0.4, 0.5) is 4.79 Å². The van der Waals surface area contributed by atoms with Crippen molar-refractivity contribution in [3.8, 4) is 0 Å². The molecule has 4 nitrogen and oxygen atoms in total. The van der Waals surface area contributed by atoms with Crippen molar-refractivity contribution in [1.29, 1.82) is 0 Å². The lowest BCUT2D eigenvalue weighted by Gasteiger charge is -2.36. The van der Waals surface area contributed by atoms with E-state index in [4.69, 9.17) is 4.74 Å². The van der Waals surface area contributed by atoms with E-state index in [1.54, 1.807) is 16.2 Å². The van der Waals surface area contributed by atoms with Crippen molar-refractivity contribution in [2.24, 2.45) is 5.92 Å². The molecular weight excluding hydrogens is 354 g/mol. The summed E-state index contributed by atoms with van der Waals surface area (Å²) in [5, 5.41) is 10.2. The van der Waals surface area contributed by atoms with Crippen LogP contribution in [0, 0.1) is 5.92 Å². The Labute approximate surface area is 138 Å². The highest BCUT2D eigenvalue weighted by molar-refractivity contribution is 9.11. The molecular formula is C15H22BrNO3S. The van der Waals surface area contributed by atoms with Crippen molar-refractivity contribution in [2.75, 3.05) is 13.1 Å². The van der Waals surface area contributed by atoms with E-state index in [0.717, 1.165) is 10.2 Å². The molecule has 1 aliphatic rings. The van der Waals surface area contributed by atoms with Crippen LogP contribution in [0.3, 0.4) is 0 Å². The summed E-state index contributed by atoms with van der Waals surface area (Å²) in [6.07, 6.45) is 0.754. The molecule has 0 saturated carbocycles. The van der Waals surface area contributed by atoms with Gasteiger partial charge in [-0.1, -0.05) is 0 Å². The van der Waals surface area contributed by atoms with E-state index < -0.39 is 5.60 Å². The molecule has 2 unspecified atom stereocenters. The lowest BCUT2D eigenvalue weighted by molar-refractivity contribution is -0.00809. The Balaban J connectivity index is 1.97. The molecule has 0 bridgehead atoms. The van der Waals surface area contributed by atoms with Gasteiger partial charge in [0.25, 0.3) is 0 Å². The maximum Gasteiger partial charge on any atom is 0.410 e. The smallest absolute Gasteiger partial charge is 0.410 e. The highest BCUT2D eigenvalue weighted by Gasteiger charge is 2.32. The first-order valence-corrected chi connectivity index (χ1v) is 8.76. The van der Waals surface area contributed by atoms with Gasteiger partial charge in [-0.2, -0.15) is 0 Å². The topological polar surface area (TPSA) is 49.8 Å². The number of aliphatic hydroxyl groups is 1. The van der Waals surface area contributed by atoms with E-state index in [1.807, 2.05) is 26.8 Å². The Kier molecular flexibility index (Phi) is 5.33. The zero-order chi connectivity index (χ0) is 15.6. The fraction of sp³-hybridized carbons (Fsp3) is 0.667. The molecule has 1 amide bonds. The van der Waals surface area contributed by atoms with Crippen LogP contribution in [0.15, 0.2) is 15.9 Å². The molecule has 1 aromatic rings. The first kappa shape index (κ1) is 16.8. The Morgan fingerprint density at radius 1 is 1.52 bits per heavy atom. The molecule has 2 heterocycles. The number of aliphatic hydroxyl groups excluding tert-OH is 1. The average molecular weight is 376 g/mol. The van der Waals surface area contributed by atoms with Crippen molar-refractivity contribution in [3.05, 3.63) is 20.8 Å². The van der Waals surface area contributed by atoms with Gasteiger partial charge in [-0.3, -0.25) is 0 Å². The maximum absolute atomic E-state index is 12.1. The first-order chi connectivity index (χ1) is 9.74. The van der Waals surface area contributed by atoms with Crippen LogP contribution in [-0.2, 0) is 11.2 Å². The molecule has 1 fully saturated rings. The minimum Gasteiger partial charge on any atom is -0.444 e. The third-order valence-electron chi connectivity index (χ3n) is 3.44. The van der Waals surface area contributed by atoms with Gasteiger partial charge in [0.15, 0.2) is 0 Å². The van der Waals surface area contributed by atoms with Crippen LogP contribution in [0.2, 0.25) is 0 Å². The summed E-state index contributed by atoms with van der Waals surface area (Å²) in [6.45, 7) is 6.70. The highest BCUT2D eigenvalue weighted by atomic mass is 79.9. The summed E-state index contributed by atoms with van der Waals surface area (Å²) in [6, 6.07) is 4.08. The molecule has 1 aliphatic heterocycles. The number of carbonyl (C=O) groups is 1. The molecule has 2 rings (SSSR count). The largest absolute Gasteiger partial charge is 0.444 e.